The molecule has 3 aromatic heterocycles. The number of aromatic carboxylic acids is 1. The predicted molar refractivity (Wildman–Crippen MR) is 102 cm³/mol. The molecule has 0 aliphatic heterocycles. The van der Waals surface area contributed by atoms with Crippen LogP contribution in [0.25, 0.3) is 0 Å². The van der Waals surface area contributed by atoms with Gasteiger partial charge in [-0.1, -0.05) is 12.1 Å². The van der Waals surface area contributed by atoms with Crippen molar-refractivity contribution in [1.29, 1.82) is 0 Å². The molecular formula is C21H22N4O2. The van der Waals surface area contributed by atoms with Crippen LogP contribution in [0.1, 0.15) is 38.8 Å². The number of rotatable bonds is 7. The van der Waals surface area contributed by atoms with Crippen LogP contribution in [0, 0.1) is 13.8 Å². The lowest BCUT2D eigenvalue weighted by atomic mass is 10.2. The molecule has 0 aliphatic carbocycles. The summed E-state index contributed by atoms with van der Waals surface area (Å²) in [4.78, 5) is 26.7. The molecule has 6 nitrogen and oxygen atoms in total. The Hall–Kier alpha value is -3.12. The molecule has 0 atom stereocenters. The average Bonchev–Trinajstić information content (AvgIpc) is 2.62. The van der Waals surface area contributed by atoms with Crippen molar-refractivity contribution in [3.63, 3.8) is 0 Å². The largest absolute Gasteiger partial charge is 0.478 e. The van der Waals surface area contributed by atoms with Crippen molar-refractivity contribution < 1.29 is 9.90 Å². The number of aromatic nitrogens is 3. The number of carboxylic acids is 1. The summed E-state index contributed by atoms with van der Waals surface area (Å²) in [6, 6.07) is 15.3. The van der Waals surface area contributed by atoms with Crippen LogP contribution in [0.3, 0.4) is 0 Å². The van der Waals surface area contributed by atoms with Crippen LogP contribution in [0.15, 0.2) is 54.7 Å². The van der Waals surface area contributed by atoms with E-state index in [1.165, 1.54) is 6.20 Å². The molecule has 0 fully saturated rings. The number of hydrogen-bond acceptors (Lipinski definition) is 5. The fourth-order valence-electron chi connectivity index (χ4n) is 2.87. The zero-order valence-corrected chi connectivity index (χ0v) is 15.5. The fraction of sp³-hybridized carbons (Fsp3) is 0.238. The van der Waals surface area contributed by atoms with Crippen molar-refractivity contribution in [1.82, 2.24) is 19.9 Å². The van der Waals surface area contributed by atoms with E-state index in [1.807, 2.05) is 50.2 Å². The van der Waals surface area contributed by atoms with Crippen molar-refractivity contribution in [3.05, 3.63) is 88.8 Å². The highest BCUT2D eigenvalue weighted by molar-refractivity contribution is 5.87. The van der Waals surface area contributed by atoms with E-state index >= 15 is 0 Å². The van der Waals surface area contributed by atoms with E-state index in [-0.39, 0.29) is 5.56 Å². The first-order valence-electron chi connectivity index (χ1n) is 8.75. The van der Waals surface area contributed by atoms with Crippen molar-refractivity contribution in [2.24, 2.45) is 0 Å². The molecule has 0 saturated carbocycles. The van der Waals surface area contributed by atoms with Crippen LogP contribution < -0.4 is 0 Å². The monoisotopic (exact) mass is 362 g/mol. The van der Waals surface area contributed by atoms with Gasteiger partial charge in [0.1, 0.15) is 0 Å². The van der Waals surface area contributed by atoms with E-state index in [2.05, 4.69) is 19.9 Å². The van der Waals surface area contributed by atoms with Crippen molar-refractivity contribution in [3.8, 4) is 0 Å². The van der Waals surface area contributed by atoms with Crippen LogP contribution in [-0.2, 0) is 19.6 Å². The Labute approximate surface area is 158 Å². The van der Waals surface area contributed by atoms with Crippen molar-refractivity contribution in [2.45, 2.75) is 33.5 Å². The van der Waals surface area contributed by atoms with E-state index in [1.54, 1.807) is 12.1 Å². The maximum absolute atomic E-state index is 11.0. The van der Waals surface area contributed by atoms with Crippen molar-refractivity contribution in [2.75, 3.05) is 0 Å². The average molecular weight is 362 g/mol. The Morgan fingerprint density at radius 2 is 1.41 bits per heavy atom. The summed E-state index contributed by atoms with van der Waals surface area (Å²) < 4.78 is 0. The highest BCUT2D eigenvalue weighted by Gasteiger charge is 2.12. The standard InChI is InChI=1S/C21H22N4O2/c1-15-5-3-7-19(23-15)13-25(14-20-8-4-6-16(2)24-20)12-18-10-9-17(11-22-18)21(26)27/h3-11H,12-14H2,1-2H3,(H,26,27). The molecular weight excluding hydrogens is 340 g/mol. The highest BCUT2D eigenvalue weighted by Crippen LogP contribution is 2.13. The minimum absolute atomic E-state index is 0.186. The third kappa shape index (κ3) is 5.43. The molecule has 27 heavy (non-hydrogen) atoms. The maximum atomic E-state index is 11.0. The second-order valence-electron chi connectivity index (χ2n) is 6.53. The van der Waals surface area contributed by atoms with Gasteiger partial charge < -0.3 is 5.11 Å². The molecule has 3 rings (SSSR count). The second-order valence-corrected chi connectivity index (χ2v) is 6.53. The van der Waals surface area contributed by atoms with Gasteiger partial charge in [0.05, 0.1) is 22.6 Å². The molecule has 0 unspecified atom stereocenters. The zero-order chi connectivity index (χ0) is 19.2. The van der Waals surface area contributed by atoms with Crippen LogP contribution in [0.2, 0.25) is 0 Å². The van der Waals surface area contributed by atoms with Crippen LogP contribution >= 0.6 is 0 Å². The zero-order valence-electron chi connectivity index (χ0n) is 15.5. The van der Waals surface area contributed by atoms with E-state index in [9.17, 15) is 4.79 Å². The second kappa shape index (κ2) is 8.51. The topological polar surface area (TPSA) is 79.2 Å². The first-order valence-corrected chi connectivity index (χ1v) is 8.75. The minimum atomic E-state index is -0.973. The van der Waals surface area contributed by atoms with Crippen LogP contribution in [-0.4, -0.2) is 30.9 Å². The lowest BCUT2D eigenvalue weighted by Gasteiger charge is -2.21. The first kappa shape index (κ1) is 18.7. The van der Waals surface area contributed by atoms with E-state index in [4.69, 9.17) is 5.11 Å². The number of hydrogen-bond donors (Lipinski definition) is 1. The lowest BCUT2D eigenvalue weighted by Crippen LogP contribution is -2.24. The Morgan fingerprint density at radius 1 is 0.852 bits per heavy atom. The Balaban J connectivity index is 1.80. The predicted octanol–water partition coefficient (Wildman–Crippen LogP) is 3.39. The van der Waals surface area contributed by atoms with Crippen LogP contribution in [0.4, 0.5) is 0 Å². The molecule has 0 spiro atoms. The number of nitrogens with zero attached hydrogens (tertiary/aromatic N) is 4. The molecule has 1 N–H and O–H groups in total. The molecule has 3 aromatic rings. The molecule has 0 saturated heterocycles. The normalized spacial score (nSPS) is 10.9. The van der Waals surface area contributed by atoms with Gasteiger partial charge in [0.15, 0.2) is 0 Å². The molecule has 6 heteroatoms. The SMILES string of the molecule is Cc1cccc(CN(Cc2ccc(C(=O)O)cn2)Cc2cccc(C)n2)n1. The molecule has 0 aliphatic rings. The van der Waals surface area contributed by atoms with E-state index in [0.29, 0.717) is 19.6 Å². The van der Waals surface area contributed by atoms with Crippen molar-refractivity contribution >= 4 is 5.97 Å². The summed E-state index contributed by atoms with van der Waals surface area (Å²) in [6.45, 7) is 5.83. The van der Waals surface area contributed by atoms with Gasteiger partial charge in [0.2, 0.25) is 0 Å². The Morgan fingerprint density at radius 3 is 1.85 bits per heavy atom. The van der Waals surface area contributed by atoms with Gasteiger partial charge in [-0.05, 0) is 50.2 Å². The third-order valence-corrected chi connectivity index (χ3v) is 4.12. The maximum Gasteiger partial charge on any atom is 0.337 e. The minimum Gasteiger partial charge on any atom is -0.478 e. The highest BCUT2D eigenvalue weighted by atomic mass is 16.4. The molecule has 0 aromatic carbocycles. The molecule has 0 bridgehead atoms. The molecule has 138 valence electrons. The fourth-order valence-corrected chi connectivity index (χ4v) is 2.87. The number of aryl methyl sites for hydroxylation is 2. The summed E-state index contributed by atoms with van der Waals surface area (Å²) >= 11 is 0. The van der Waals surface area contributed by atoms with Gasteiger partial charge in [-0.2, -0.15) is 0 Å². The summed E-state index contributed by atoms with van der Waals surface area (Å²) in [5.41, 5.74) is 4.90. The summed E-state index contributed by atoms with van der Waals surface area (Å²) in [5, 5.41) is 9.03. The molecule has 3 heterocycles. The molecule has 0 amide bonds. The van der Waals surface area contributed by atoms with E-state index < -0.39 is 5.97 Å². The van der Waals surface area contributed by atoms with Gasteiger partial charge in [-0.15, -0.1) is 0 Å². The Kier molecular flexibility index (Phi) is 5.88. The first-order chi connectivity index (χ1) is 13.0. The van der Waals surface area contributed by atoms with Gasteiger partial charge >= 0.3 is 5.97 Å². The third-order valence-electron chi connectivity index (χ3n) is 4.12. The van der Waals surface area contributed by atoms with Gasteiger partial charge in [-0.25, -0.2) is 4.79 Å². The number of pyridine rings is 3. The lowest BCUT2D eigenvalue weighted by molar-refractivity contribution is 0.0696. The number of carbonyl (C=O) groups is 1. The summed E-state index contributed by atoms with van der Waals surface area (Å²) in [6.07, 6.45) is 1.39. The van der Waals surface area contributed by atoms with Gasteiger partial charge in [0.25, 0.3) is 0 Å². The molecule has 0 radical (unpaired) electrons. The smallest absolute Gasteiger partial charge is 0.337 e. The number of carboxylic acid groups (broad SMARTS) is 1. The summed E-state index contributed by atoms with van der Waals surface area (Å²) in [5.74, 6) is -0.973. The van der Waals surface area contributed by atoms with Gasteiger partial charge in [0, 0.05) is 37.2 Å². The van der Waals surface area contributed by atoms with Gasteiger partial charge in [-0.3, -0.25) is 19.9 Å². The quantitative estimate of drug-likeness (QED) is 0.694. The Bertz CT molecular complexity index is 878. The summed E-state index contributed by atoms with van der Waals surface area (Å²) in [7, 11) is 0. The van der Waals surface area contributed by atoms with Crippen LogP contribution in [0.5, 0.6) is 0 Å². The van der Waals surface area contributed by atoms with E-state index in [0.717, 1.165) is 28.5 Å².